The zero-order chi connectivity index (χ0) is 15.4. The molecule has 5 nitrogen and oxygen atoms in total. The summed E-state index contributed by atoms with van der Waals surface area (Å²) in [6.45, 7) is 1.89. The van der Waals surface area contributed by atoms with Gasteiger partial charge in [-0.25, -0.2) is 0 Å². The van der Waals surface area contributed by atoms with E-state index in [-0.39, 0.29) is 5.91 Å². The van der Waals surface area contributed by atoms with E-state index in [1.54, 1.807) is 31.4 Å². The number of nitrogens with two attached hydrogens (primary N) is 1. The standard InChI is InChI=1S/C16H18N2O3/c1-10-5-4-6-12(17)15(10)18-16(19)11-7-8-13(20-2)14(9-11)21-3/h4-9H,17H2,1-3H3,(H,18,19). The van der Waals surface area contributed by atoms with Crippen molar-refractivity contribution in [2.24, 2.45) is 0 Å². The van der Waals surface area contributed by atoms with Crippen LogP contribution in [0.4, 0.5) is 11.4 Å². The Balaban J connectivity index is 2.29. The van der Waals surface area contributed by atoms with Gasteiger partial charge in [0.25, 0.3) is 5.91 Å². The lowest BCUT2D eigenvalue weighted by Crippen LogP contribution is -2.14. The molecule has 110 valence electrons. The molecule has 0 heterocycles. The first kappa shape index (κ1) is 14.7. The second-order valence-electron chi connectivity index (χ2n) is 4.56. The summed E-state index contributed by atoms with van der Waals surface area (Å²) in [5.74, 6) is 0.823. The molecule has 0 spiro atoms. The maximum absolute atomic E-state index is 12.3. The molecule has 2 aromatic rings. The largest absolute Gasteiger partial charge is 0.493 e. The van der Waals surface area contributed by atoms with E-state index in [4.69, 9.17) is 15.2 Å². The van der Waals surface area contributed by atoms with Gasteiger partial charge < -0.3 is 20.5 Å². The number of nitrogens with one attached hydrogen (secondary N) is 1. The van der Waals surface area contributed by atoms with E-state index in [1.165, 1.54) is 7.11 Å². The fraction of sp³-hybridized carbons (Fsp3) is 0.188. The van der Waals surface area contributed by atoms with Crippen LogP contribution in [0.2, 0.25) is 0 Å². The van der Waals surface area contributed by atoms with Crippen molar-refractivity contribution in [1.82, 2.24) is 0 Å². The maximum Gasteiger partial charge on any atom is 0.255 e. The van der Waals surface area contributed by atoms with Gasteiger partial charge in [-0.05, 0) is 36.8 Å². The third-order valence-corrected chi connectivity index (χ3v) is 3.19. The van der Waals surface area contributed by atoms with Crippen molar-refractivity contribution in [3.8, 4) is 11.5 Å². The lowest BCUT2D eigenvalue weighted by Gasteiger charge is -2.12. The van der Waals surface area contributed by atoms with E-state index in [2.05, 4.69) is 5.32 Å². The summed E-state index contributed by atoms with van der Waals surface area (Å²) in [5.41, 5.74) is 8.42. The number of anilines is 2. The molecule has 0 bridgehead atoms. The van der Waals surface area contributed by atoms with E-state index in [9.17, 15) is 4.79 Å². The molecule has 5 heteroatoms. The highest BCUT2D eigenvalue weighted by Crippen LogP contribution is 2.29. The number of ether oxygens (including phenoxy) is 2. The molecule has 0 radical (unpaired) electrons. The molecule has 0 saturated heterocycles. The lowest BCUT2D eigenvalue weighted by molar-refractivity contribution is 0.102. The third kappa shape index (κ3) is 3.08. The molecule has 3 N–H and O–H groups in total. The average molecular weight is 286 g/mol. The van der Waals surface area contributed by atoms with Crippen LogP contribution in [0.3, 0.4) is 0 Å². The zero-order valence-corrected chi connectivity index (χ0v) is 12.3. The van der Waals surface area contributed by atoms with Crippen molar-refractivity contribution >= 4 is 17.3 Å². The molecule has 0 fully saturated rings. The van der Waals surface area contributed by atoms with Gasteiger partial charge in [0.15, 0.2) is 11.5 Å². The summed E-state index contributed by atoms with van der Waals surface area (Å²) in [6, 6.07) is 10.5. The average Bonchev–Trinajstić information content (AvgIpc) is 2.50. The quantitative estimate of drug-likeness (QED) is 0.848. The van der Waals surface area contributed by atoms with Crippen LogP contribution in [0.25, 0.3) is 0 Å². The van der Waals surface area contributed by atoms with Crippen molar-refractivity contribution in [3.63, 3.8) is 0 Å². The molecule has 0 saturated carbocycles. The predicted molar refractivity (Wildman–Crippen MR) is 83.1 cm³/mol. The van der Waals surface area contributed by atoms with Crippen molar-refractivity contribution in [3.05, 3.63) is 47.5 Å². The molecule has 21 heavy (non-hydrogen) atoms. The first-order valence-electron chi connectivity index (χ1n) is 6.45. The van der Waals surface area contributed by atoms with Gasteiger partial charge in [-0.15, -0.1) is 0 Å². The van der Waals surface area contributed by atoms with E-state index < -0.39 is 0 Å². The number of para-hydroxylation sites is 1. The maximum atomic E-state index is 12.3. The minimum Gasteiger partial charge on any atom is -0.493 e. The van der Waals surface area contributed by atoms with Crippen LogP contribution in [0.15, 0.2) is 36.4 Å². The zero-order valence-electron chi connectivity index (χ0n) is 12.3. The fourth-order valence-electron chi connectivity index (χ4n) is 2.02. The molecule has 0 atom stereocenters. The minimum atomic E-state index is -0.253. The lowest BCUT2D eigenvalue weighted by atomic mass is 10.1. The number of aryl methyl sites for hydroxylation is 1. The van der Waals surface area contributed by atoms with Gasteiger partial charge in [-0.3, -0.25) is 4.79 Å². The number of methoxy groups -OCH3 is 2. The third-order valence-electron chi connectivity index (χ3n) is 3.19. The molecule has 0 unspecified atom stereocenters. The van der Waals surface area contributed by atoms with E-state index in [0.717, 1.165) is 5.56 Å². The second-order valence-corrected chi connectivity index (χ2v) is 4.56. The Kier molecular flexibility index (Phi) is 4.33. The number of carbonyl (C=O) groups is 1. The summed E-state index contributed by atoms with van der Waals surface area (Å²) in [5, 5.41) is 2.82. The number of rotatable bonds is 4. The monoisotopic (exact) mass is 286 g/mol. The van der Waals surface area contributed by atoms with Crippen LogP contribution in [-0.4, -0.2) is 20.1 Å². The molecule has 1 amide bonds. The summed E-state index contributed by atoms with van der Waals surface area (Å²) >= 11 is 0. The molecular weight excluding hydrogens is 268 g/mol. The van der Waals surface area contributed by atoms with Crippen LogP contribution in [0.5, 0.6) is 11.5 Å². The predicted octanol–water partition coefficient (Wildman–Crippen LogP) is 2.85. The molecule has 2 rings (SSSR count). The second kappa shape index (κ2) is 6.17. The van der Waals surface area contributed by atoms with Gasteiger partial charge in [0.2, 0.25) is 0 Å². The molecular formula is C16H18N2O3. The Morgan fingerprint density at radius 3 is 2.43 bits per heavy atom. The Labute approximate surface area is 123 Å². The fourth-order valence-corrected chi connectivity index (χ4v) is 2.02. The number of benzene rings is 2. The van der Waals surface area contributed by atoms with Crippen LogP contribution in [0.1, 0.15) is 15.9 Å². The van der Waals surface area contributed by atoms with E-state index in [0.29, 0.717) is 28.4 Å². The van der Waals surface area contributed by atoms with Crippen LogP contribution >= 0.6 is 0 Å². The Morgan fingerprint density at radius 1 is 1.10 bits per heavy atom. The van der Waals surface area contributed by atoms with Gasteiger partial charge in [0.05, 0.1) is 25.6 Å². The summed E-state index contributed by atoms with van der Waals surface area (Å²) in [4.78, 5) is 12.3. The smallest absolute Gasteiger partial charge is 0.255 e. The Morgan fingerprint density at radius 2 is 1.81 bits per heavy atom. The van der Waals surface area contributed by atoms with Gasteiger partial charge in [0, 0.05) is 5.56 Å². The van der Waals surface area contributed by atoms with E-state index in [1.807, 2.05) is 19.1 Å². The summed E-state index contributed by atoms with van der Waals surface area (Å²) in [7, 11) is 3.07. The Bertz CT molecular complexity index is 648. The number of nitrogen functional groups attached to an aromatic ring is 1. The van der Waals surface area contributed by atoms with Crippen molar-refractivity contribution < 1.29 is 14.3 Å². The highest BCUT2D eigenvalue weighted by atomic mass is 16.5. The van der Waals surface area contributed by atoms with Crippen LogP contribution < -0.4 is 20.5 Å². The molecule has 0 aliphatic carbocycles. The van der Waals surface area contributed by atoms with Crippen molar-refractivity contribution in [1.29, 1.82) is 0 Å². The molecule has 2 aromatic carbocycles. The van der Waals surface area contributed by atoms with E-state index >= 15 is 0 Å². The number of hydrogen-bond donors (Lipinski definition) is 2. The molecule has 0 aromatic heterocycles. The molecule has 0 aliphatic heterocycles. The highest BCUT2D eigenvalue weighted by Gasteiger charge is 2.13. The van der Waals surface area contributed by atoms with Gasteiger partial charge >= 0.3 is 0 Å². The normalized spacial score (nSPS) is 10.0. The number of carbonyl (C=O) groups excluding carboxylic acids is 1. The minimum absolute atomic E-state index is 0.253. The Hall–Kier alpha value is -2.69. The SMILES string of the molecule is COc1ccc(C(=O)Nc2c(C)cccc2N)cc1OC. The first-order valence-corrected chi connectivity index (χ1v) is 6.45. The first-order chi connectivity index (χ1) is 10.1. The number of amides is 1. The summed E-state index contributed by atoms with van der Waals surface area (Å²) in [6.07, 6.45) is 0. The van der Waals surface area contributed by atoms with Crippen LogP contribution in [-0.2, 0) is 0 Å². The number of hydrogen-bond acceptors (Lipinski definition) is 4. The van der Waals surface area contributed by atoms with Crippen LogP contribution in [0, 0.1) is 6.92 Å². The summed E-state index contributed by atoms with van der Waals surface area (Å²) < 4.78 is 10.3. The highest BCUT2D eigenvalue weighted by molar-refractivity contribution is 6.06. The molecule has 0 aliphatic rings. The van der Waals surface area contributed by atoms with Gasteiger partial charge in [-0.1, -0.05) is 12.1 Å². The van der Waals surface area contributed by atoms with Crippen molar-refractivity contribution in [2.45, 2.75) is 6.92 Å². The van der Waals surface area contributed by atoms with Crippen molar-refractivity contribution in [2.75, 3.05) is 25.3 Å². The topological polar surface area (TPSA) is 73.6 Å². The van der Waals surface area contributed by atoms with Gasteiger partial charge in [0.1, 0.15) is 0 Å². The van der Waals surface area contributed by atoms with Gasteiger partial charge in [-0.2, -0.15) is 0 Å².